The van der Waals surface area contributed by atoms with Crippen molar-refractivity contribution in [2.75, 3.05) is 10.6 Å². The smallest absolute Gasteiger partial charge is 0.323 e. The number of hydrogen-bond acceptors (Lipinski definition) is 3. The highest BCUT2D eigenvalue weighted by molar-refractivity contribution is 6.30. The summed E-state index contributed by atoms with van der Waals surface area (Å²) in [5.41, 5.74) is 1.91. The van der Waals surface area contributed by atoms with Gasteiger partial charge in [0.2, 0.25) is 0 Å². The molecule has 7 heteroatoms. The molecule has 0 bridgehead atoms. The number of nitrogens with one attached hydrogen (secondary N) is 3. The molecule has 0 atom stereocenters. The van der Waals surface area contributed by atoms with Gasteiger partial charge < -0.3 is 15.6 Å². The topological polar surface area (TPSA) is 86.9 Å². The zero-order valence-corrected chi connectivity index (χ0v) is 13.2. The van der Waals surface area contributed by atoms with E-state index < -0.39 is 11.6 Å². The predicted octanol–water partition coefficient (Wildman–Crippen LogP) is 3.73. The molecule has 0 unspecified atom stereocenters. The third-order valence-corrected chi connectivity index (χ3v) is 3.48. The summed E-state index contributed by atoms with van der Waals surface area (Å²) in [4.78, 5) is 30.5. The van der Waals surface area contributed by atoms with E-state index in [1.54, 1.807) is 48.9 Å². The van der Waals surface area contributed by atoms with Crippen LogP contribution in [-0.4, -0.2) is 16.0 Å². The molecule has 1 aromatic carbocycles. The van der Waals surface area contributed by atoms with E-state index in [1.165, 1.54) is 0 Å². The number of anilines is 2. The maximum atomic E-state index is 12.1. The number of carbonyl (C=O) groups is 1. The molecule has 3 N–H and O–H groups in total. The molecule has 3 aromatic rings. The molecule has 2 amide bonds. The highest BCUT2D eigenvalue weighted by Gasteiger charge is 2.08. The molecule has 0 aliphatic heterocycles. The minimum absolute atomic E-state index is 0.142. The van der Waals surface area contributed by atoms with Gasteiger partial charge in [0, 0.05) is 34.9 Å². The molecule has 0 radical (unpaired) electrons. The number of urea groups is 1. The highest BCUT2D eigenvalue weighted by Crippen LogP contribution is 2.19. The number of pyridine rings is 2. The maximum absolute atomic E-state index is 12.1. The lowest BCUT2D eigenvalue weighted by molar-refractivity contribution is 0.262. The van der Waals surface area contributed by atoms with Crippen LogP contribution in [0.25, 0.3) is 11.1 Å². The number of aromatic amines is 1. The van der Waals surface area contributed by atoms with Crippen molar-refractivity contribution < 1.29 is 4.79 Å². The number of rotatable bonds is 3. The van der Waals surface area contributed by atoms with Crippen LogP contribution in [0.3, 0.4) is 0 Å². The Bertz CT molecular complexity index is 925. The number of carbonyl (C=O) groups excluding carboxylic acids is 1. The van der Waals surface area contributed by atoms with Crippen LogP contribution in [-0.2, 0) is 0 Å². The number of nitrogens with zero attached hydrogens (tertiary/aromatic N) is 1. The normalized spacial score (nSPS) is 10.2. The van der Waals surface area contributed by atoms with Crippen molar-refractivity contribution in [3.63, 3.8) is 0 Å². The van der Waals surface area contributed by atoms with Gasteiger partial charge in [-0.2, -0.15) is 0 Å². The Kier molecular flexibility index (Phi) is 4.58. The largest absolute Gasteiger partial charge is 0.327 e. The first-order valence-electron chi connectivity index (χ1n) is 7.08. The molecule has 3 rings (SSSR count). The van der Waals surface area contributed by atoms with Gasteiger partial charge in [0.05, 0.1) is 0 Å². The molecule has 24 heavy (non-hydrogen) atoms. The minimum atomic E-state index is -0.533. The fourth-order valence-corrected chi connectivity index (χ4v) is 2.33. The zero-order chi connectivity index (χ0) is 16.9. The fraction of sp³-hybridized carbons (Fsp3) is 0. The Morgan fingerprint density at radius 3 is 2.58 bits per heavy atom. The Morgan fingerprint density at radius 1 is 1.04 bits per heavy atom. The lowest BCUT2D eigenvalue weighted by Gasteiger charge is -2.09. The van der Waals surface area contributed by atoms with E-state index in [9.17, 15) is 9.59 Å². The second kappa shape index (κ2) is 6.97. The Labute approximate surface area is 142 Å². The summed E-state index contributed by atoms with van der Waals surface area (Å²) in [6, 6.07) is 11.4. The molecule has 0 aliphatic carbocycles. The van der Waals surface area contributed by atoms with E-state index in [2.05, 4.69) is 20.6 Å². The number of benzene rings is 1. The Hall–Kier alpha value is -3.12. The van der Waals surface area contributed by atoms with E-state index in [4.69, 9.17) is 11.6 Å². The lowest BCUT2D eigenvalue weighted by Crippen LogP contribution is -2.24. The summed E-state index contributed by atoms with van der Waals surface area (Å²) in [6.45, 7) is 0. The van der Waals surface area contributed by atoms with E-state index in [1.807, 2.05) is 12.1 Å². The first-order valence-corrected chi connectivity index (χ1v) is 7.46. The summed E-state index contributed by atoms with van der Waals surface area (Å²) in [5.74, 6) is 0. The van der Waals surface area contributed by atoms with Crippen LogP contribution in [0.2, 0.25) is 5.02 Å². The third kappa shape index (κ3) is 3.80. The monoisotopic (exact) mass is 340 g/mol. The molecule has 0 saturated heterocycles. The van der Waals surface area contributed by atoms with Gasteiger partial charge in [-0.3, -0.25) is 9.78 Å². The van der Waals surface area contributed by atoms with E-state index in [-0.39, 0.29) is 5.69 Å². The molecule has 0 aliphatic rings. The molecule has 0 saturated carbocycles. The van der Waals surface area contributed by atoms with Crippen molar-refractivity contribution in [3.05, 3.63) is 76.4 Å². The van der Waals surface area contributed by atoms with Crippen molar-refractivity contribution in [1.29, 1.82) is 0 Å². The third-order valence-electron chi connectivity index (χ3n) is 3.25. The van der Waals surface area contributed by atoms with Crippen LogP contribution < -0.4 is 16.2 Å². The van der Waals surface area contributed by atoms with Crippen molar-refractivity contribution in [3.8, 4) is 11.1 Å². The molecule has 2 aromatic heterocycles. The summed E-state index contributed by atoms with van der Waals surface area (Å²) in [5, 5.41) is 5.66. The zero-order valence-electron chi connectivity index (χ0n) is 12.4. The van der Waals surface area contributed by atoms with E-state index in [0.717, 1.165) is 11.1 Å². The summed E-state index contributed by atoms with van der Waals surface area (Å²) < 4.78 is 0. The van der Waals surface area contributed by atoms with E-state index >= 15 is 0 Å². The van der Waals surface area contributed by atoms with E-state index in [0.29, 0.717) is 10.7 Å². The molecule has 6 nitrogen and oxygen atoms in total. The van der Waals surface area contributed by atoms with Crippen molar-refractivity contribution in [2.45, 2.75) is 0 Å². The van der Waals surface area contributed by atoms with Crippen LogP contribution in [0.1, 0.15) is 0 Å². The lowest BCUT2D eigenvalue weighted by atomic mass is 10.1. The average Bonchev–Trinajstić information content (AvgIpc) is 2.57. The number of H-pyrrole nitrogens is 1. The van der Waals surface area contributed by atoms with Crippen molar-refractivity contribution >= 4 is 29.0 Å². The van der Waals surface area contributed by atoms with Gasteiger partial charge in [0.25, 0.3) is 5.56 Å². The molecule has 2 heterocycles. The SMILES string of the molecule is O=C(Nc1cccc(Cl)c1)Nc1cc(-c2ccncc2)c[nH]c1=O. The molecular weight excluding hydrogens is 328 g/mol. The van der Waals surface area contributed by atoms with Crippen molar-refractivity contribution in [2.24, 2.45) is 0 Å². The standard InChI is InChI=1S/C17H13ClN4O2/c18-13-2-1-3-14(9-13)21-17(24)22-15-8-12(10-20-16(15)23)11-4-6-19-7-5-11/h1-10H,(H,20,23)(H2,21,22,24). The summed E-state index contributed by atoms with van der Waals surface area (Å²) in [7, 11) is 0. The predicted molar refractivity (Wildman–Crippen MR) is 94.4 cm³/mol. The van der Waals surface area contributed by atoms with Crippen molar-refractivity contribution in [1.82, 2.24) is 9.97 Å². The molecule has 120 valence electrons. The van der Waals surface area contributed by atoms with Crippen LogP contribution in [0.5, 0.6) is 0 Å². The van der Waals surface area contributed by atoms with Gasteiger partial charge in [-0.1, -0.05) is 17.7 Å². The highest BCUT2D eigenvalue weighted by atomic mass is 35.5. The van der Waals surface area contributed by atoms with Gasteiger partial charge in [-0.15, -0.1) is 0 Å². The van der Waals surface area contributed by atoms with Gasteiger partial charge in [-0.25, -0.2) is 4.79 Å². The molecular formula is C17H13ClN4O2. The van der Waals surface area contributed by atoms with Crippen LogP contribution in [0, 0.1) is 0 Å². The first-order chi connectivity index (χ1) is 11.6. The first kappa shape index (κ1) is 15.8. The summed E-state index contributed by atoms with van der Waals surface area (Å²) in [6.07, 6.45) is 4.89. The van der Waals surface area contributed by atoms with Crippen LogP contribution >= 0.6 is 11.6 Å². The molecule has 0 spiro atoms. The number of amides is 2. The summed E-state index contributed by atoms with van der Waals surface area (Å²) >= 11 is 5.87. The maximum Gasteiger partial charge on any atom is 0.323 e. The fourth-order valence-electron chi connectivity index (χ4n) is 2.14. The number of halogens is 1. The van der Waals surface area contributed by atoms with Crippen LogP contribution in [0.15, 0.2) is 65.8 Å². The Balaban J connectivity index is 1.79. The van der Waals surface area contributed by atoms with Gasteiger partial charge in [-0.05, 0) is 42.0 Å². The van der Waals surface area contributed by atoms with Gasteiger partial charge >= 0.3 is 6.03 Å². The average molecular weight is 341 g/mol. The second-order valence-electron chi connectivity index (χ2n) is 4.96. The minimum Gasteiger partial charge on any atom is -0.327 e. The Morgan fingerprint density at radius 2 is 1.83 bits per heavy atom. The van der Waals surface area contributed by atoms with Crippen LogP contribution in [0.4, 0.5) is 16.2 Å². The van der Waals surface area contributed by atoms with Gasteiger partial charge in [0.1, 0.15) is 5.69 Å². The van der Waals surface area contributed by atoms with Gasteiger partial charge in [0.15, 0.2) is 0 Å². The molecule has 0 fully saturated rings. The second-order valence-corrected chi connectivity index (χ2v) is 5.39. The number of hydrogen-bond donors (Lipinski definition) is 3. The quantitative estimate of drug-likeness (QED) is 0.678. The number of aromatic nitrogens is 2.